The Balaban J connectivity index is 2.23. The number of aromatic nitrogens is 3. The molecule has 0 saturated carbocycles. The molecule has 0 aliphatic carbocycles. The summed E-state index contributed by atoms with van der Waals surface area (Å²) in [6.07, 6.45) is 3.03. The van der Waals surface area contributed by atoms with Crippen LogP contribution >= 0.6 is 11.3 Å². The van der Waals surface area contributed by atoms with Gasteiger partial charge in [0.1, 0.15) is 0 Å². The first-order valence-electron chi connectivity index (χ1n) is 4.82. The molecule has 0 spiro atoms. The molecule has 0 bridgehead atoms. The third kappa shape index (κ3) is 2.56. The van der Waals surface area contributed by atoms with E-state index in [9.17, 15) is 4.79 Å². The number of aryl methyl sites for hydroxylation is 2. The van der Waals surface area contributed by atoms with E-state index >= 15 is 0 Å². The van der Waals surface area contributed by atoms with Gasteiger partial charge in [0.2, 0.25) is 5.95 Å². The predicted octanol–water partition coefficient (Wildman–Crippen LogP) is 1.99. The Kier molecular flexibility index (Phi) is 3.01. The van der Waals surface area contributed by atoms with E-state index in [1.165, 1.54) is 17.5 Å². The zero-order valence-electron chi connectivity index (χ0n) is 9.26. The van der Waals surface area contributed by atoms with Gasteiger partial charge in [-0.15, -0.1) is 11.3 Å². The van der Waals surface area contributed by atoms with Crippen LogP contribution in [0.3, 0.4) is 0 Å². The standard InChI is InChI=1S/C10H10N4O2S/c1-5-3-12-10(17-5)14-9-11-4-7(8(15)16)6(2)13-9/h3-4H,1-2H3,(H,15,16)(H,11,12,13,14). The molecule has 0 radical (unpaired) electrons. The van der Waals surface area contributed by atoms with Gasteiger partial charge in [0, 0.05) is 17.3 Å². The summed E-state index contributed by atoms with van der Waals surface area (Å²) >= 11 is 1.48. The maximum atomic E-state index is 10.8. The molecule has 0 amide bonds. The van der Waals surface area contributed by atoms with E-state index in [-0.39, 0.29) is 5.56 Å². The lowest BCUT2D eigenvalue weighted by atomic mass is 10.2. The lowest BCUT2D eigenvalue weighted by molar-refractivity contribution is 0.0695. The Morgan fingerprint density at radius 3 is 2.65 bits per heavy atom. The van der Waals surface area contributed by atoms with Crippen LogP contribution in [-0.2, 0) is 0 Å². The van der Waals surface area contributed by atoms with Crippen LogP contribution in [0.2, 0.25) is 0 Å². The molecule has 17 heavy (non-hydrogen) atoms. The van der Waals surface area contributed by atoms with Crippen molar-refractivity contribution in [3.05, 3.63) is 28.5 Å². The summed E-state index contributed by atoms with van der Waals surface area (Å²) < 4.78 is 0. The van der Waals surface area contributed by atoms with Crippen molar-refractivity contribution in [2.75, 3.05) is 5.32 Å². The number of carbonyl (C=O) groups is 1. The molecular weight excluding hydrogens is 240 g/mol. The normalized spacial score (nSPS) is 10.2. The highest BCUT2D eigenvalue weighted by molar-refractivity contribution is 7.15. The fourth-order valence-corrected chi connectivity index (χ4v) is 1.90. The zero-order valence-corrected chi connectivity index (χ0v) is 10.1. The van der Waals surface area contributed by atoms with Crippen molar-refractivity contribution in [2.45, 2.75) is 13.8 Å². The zero-order chi connectivity index (χ0) is 12.4. The second-order valence-electron chi connectivity index (χ2n) is 3.40. The van der Waals surface area contributed by atoms with Gasteiger partial charge in [-0.3, -0.25) is 0 Å². The maximum absolute atomic E-state index is 10.8. The van der Waals surface area contributed by atoms with Gasteiger partial charge < -0.3 is 10.4 Å². The molecule has 2 rings (SSSR count). The summed E-state index contributed by atoms with van der Waals surface area (Å²) in [6, 6.07) is 0. The molecule has 0 aromatic carbocycles. The number of nitrogens with one attached hydrogen (secondary N) is 1. The molecule has 6 nitrogen and oxygen atoms in total. The van der Waals surface area contributed by atoms with Crippen molar-refractivity contribution in [3.63, 3.8) is 0 Å². The van der Waals surface area contributed by atoms with E-state index in [1.807, 2.05) is 6.92 Å². The number of anilines is 2. The molecule has 2 aromatic rings. The molecule has 2 aromatic heterocycles. The topological polar surface area (TPSA) is 88.0 Å². The van der Waals surface area contributed by atoms with Gasteiger partial charge in [0.15, 0.2) is 5.13 Å². The fraction of sp³-hybridized carbons (Fsp3) is 0.200. The fourth-order valence-electron chi connectivity index (χ4n) is 1.25. The summed E-state index contributed by atoms with van der Waals surface area (Å²) in [7, 11) is 0. The van der Waals surface area contributed by atoms with Gasteiger partial charge in [-0.1, -0.05) is 0 Å². The van der Waals surface area contributed by atoms with Gasteiger partial charge in [0.25, 0.3) is 0 Å². The first kappa shape index (κ1) is 11.5. The number of hydrogen-bond acceptors (Lipinski definition) is 6. The number of hydrogen-bond donors (Lipinski definition) is 2. The van der Waals surface area contributed by atoms with E-state index in [4.69, 9.17) is 5.11 Å². The van der Waals surface area contributed by atoms with Gasteiger partial charge in [0.05, 0.1) is 11.3 Å². The molecule has 2 heterocycles. The molecule has 0 saturated heterocycles. The Labute approximate surface area is 101 Å². The highest BCUT2D eigenvalue weighted by Gasteiger charge is 2.10. The van der Waals surface area contributed by atoms with Gasteiger partial charge in [-0.05, 0) is 13.8 Å². The van der Waals surface area contributed by atoms with Gasteiger partial charge in [-0.2, -0.15) is 0 Å². The highest BCUT2D eigenvalue weighted by Crippen LogP contribution is 2.20. The Hall–Kier alpha value is -2.02. The van der Waals surface area contributed by atoms with Crippen LogP contribution in [0.15, 0.2) is 12.4 Å². The lowest BCUT2D eigenvalue weighted by Gasteiger charge is -2.03. The van der Waals surface area contributed by atoms with E-state index in [2.05, 4.69) is 20.3 Å². The first-order chi connectivity index (χ1) is 8.06. The minimum atomic E-state index is -1.03. The van der Waals surface area contributed by atoms with Crippen LogP contribution < -0.4 is 5.32 Å². The maximum Gasteiger partial charge on any atom is 0.339 e. The average Bonchev–Trinajstić information content (AvgIpc) is 2.63. The second kappa shape index (κ2) is 4.46. The monoisotopic (exact) mass is 250 g/mol. The largest absolute Gasteiger partial charge is 0.478 e. The minimum absolute atomic E-state index is 0.103. The van der Waals surface area contributed by atoms with Crippen molar-refractivity contribution < 1.29 is 9.90 Å². The van der Waals surface area contributed by atoms with Crippen molar-refractivity contribution in [1.82, 2.24) is 15.0 Å². The molecule has 88 valence electrons. The third-order valence-corrected chi connectivity index (χ3v) is 2.88. The first-order valence-corrected chi connectivity index (χ1v) is 5.64. The molecule has 0 fully saturated rings. The molecule has 0 atom stereocenters. The molecule has 2 N–H and O–H groups in total. The van der Waals surface area contributed by atoms with Crippen LogP contribution in [0.25, 0.3) is 0 Å². The Morgan fingerprint density at radius 1 is 1.35 bits per heavy atom. The molecule has 0 unspecified atom stereocenters. The molecular formula is C10H10N4O2S. The van der Waals surface area contributed by atoms with Crippen molar-refractivity contribution in [2.24, 2.45) is 0 Å². The van der Waals surface area contributed by atoms with Crippen molar-refractivity contribution in [1.29, 1.82) is 0 Å². The predicted molar refractivity (Wildman–Crippen MR) is 63.9 cm³/mol. The van der Waals surface area contributed by atoms with E-state index in [0.29, 0.717) is 16.8 Å². The Morgan fingerprint density at radius 2 is 2.12 bits per heavy atom. The summed E-state index contributed by atoms with van der Waals surface area (Å²) in [6.45, 7) is 3.58. The van der Waals surface area contributed by atoms with E-state index in [0.717, 1.165) is 4.88 Å². The van der Waals surface area contributed by atoms with Gasteiger partial charge >= 0.3 is 5.97 Å². The van der Waals surface area contributed by atoms with Gasteiger partial charge in [-0.25, -0.2) is 19.7 Å². The van der Waals surface area contributed by atoms with Crippen LogP contribution in [0.1, 0.15) is 20.9 Å². The SMILES string of the molecule is Cc1cnc(Nc2ncc(C(=O)O)c(C)n2)s1. The number of rotatable bonds is 3. The summed E-state index contributed by atoms with van der Waals surface area (Å²) in [5.41, 5.74) is 0.522. The van der Waals surface area contributed by atoms with Crippen LogP contribution in [-0.4, -0.2) is 26.0 Å². The lowest BCUT2D eigenvalue weighted by Crippen LogP contribution is -2.05. The second-order valence-corrected chi connectivity index (χ2v) is 4.63. The molecule has 0 aliphatic heterocycles. The quantitative estimate of drug-likeness (QED) is 0.866. The number of thiazole rings is 1. The van der Waals surface area contributed by atoms with E-state index in [1.54, 1.807) is 13.1 Å². The minimum Gasteiger partial charge on any atom is -0.478 e. The number of aromatic carboxylic acids is 1. The average molecular weight is 250 g/mol. The van der Waals surface area contributed by atoms with Crippen LogP contribution in [0.5, 0.6) is 0 Å². The van der Waals surface area contributed by atoms with Crippen LogP contribution in [0, 0.1) is 13.8 Å². The Bertz CT molecular complexity index is 567. The summed E-state index contributed by atoms with van der Waals surface area (Å²) in [5.74, 6) is -0.680. The number of nitrogens with zero attached hydrogens (tertiary/aromatic N) is 3. The van der Waals surface area contributed by atoms with Crippen molar-refractivity contribution in [3.8, 4) is 0 Å². The highest BCUT2D eigenvalue weighted by atomic mass is 32.1. The molecule has 7 heteroatoms. The van der Waals surface area contributed by atoms with Crippen LogP contribution in [0.4, 0.5) is 11.1 Å². The van der Waals surface area contributed by atoms with Crippen molar-refractivity contribution >= 4 is 28.4 Å². The summed E-state index contributed by atoms with van der Waals surface area (Å²) in [4.78, 5) is 24.0. The third-order valence-electron chi connectivity index (χ3n) is 2.05. The summed E-state index contributed by atoms with van der Waals surface area (Å²) in [5, 5.41) is 12.4. The number of carboxylic acids is 1. The molecule has 0 aliphatic rings. The smallest absolute Gasteiger partial charge is 0.339 e. The van der Waals surface area contributed by atoms with E-state index < -0.39 is 5.97 Å². The number of carboxylic acid groups (broad SMARTS) is 1.